The second kappa shape index (κ2) is 10.2. The minimum Gasteiger partial charge on any atom is -0.491 e. The van der Waals surface area contributed by atoms with E-state index < -0.39 is 6.10 Å². The van der Waals surface area contributed by atoms with Crippen LogP contribution in [0.25, 0.3) is 0 Å². The second-order valence-corrected chi connectivity index (χ2v) is 5.16. The van der Waals surface area contributed by atoms with E-state index in [-0.39, 0.29) is 25.1 Å². The van der Waals surface area contributed by atoms with E-state index in [9.17, 15) is 9.90 Å². The number of aliphatic hydroxyl groups excluding tert-OH is 1. The minimum absolute atomic E-state index is 0.0196. The first-order chi connectivity index (χ1) is 10.2. The third-order valence-electron chi connectivity index (χ3n) is 3.34. The maximum absolute atomic E-state index is 11.9. The Balaban J connectivity index is 2.25. The summed E-state index contributed by atoms with van der Waals surface area (Å²) in [5.41, 5.74) is 0. The third-order valence-corrected chi connectivity index (χ3v) is 3.34. The van der Waals surface area contributed by atoms with Gasteiger partial charge in [-0.3, -0.25) is 4.79 Å². The van der Waals surface area contributed by atoms with Crippen molar-refractivity contribution >= 4 is 5.97 Å². The first-order valence-electron chi connectivity index (χ1n) is 7.69. The molecule has 0 aliphatic rings. The predicted molar refractivity (Wildman–Crippen MR) is 82.2 cm³/mol. The standard InChI is InChI=1S/C17H26O4/c1-3-5-9-14(4-2)17(19)21-13-15(18)12-20-16-10-7-6-8-11-16/h6-8,10-11,14-15,18H,3-5,9,12-13H2,1-2H3. The van der Waals surface area contributed by atoms with Gasteiger partial charge in [0.05, 0.1) is 5.92 Å². The van der Waals surface area contributed by atoms with Gasteiger partial charge in [0.15, 0.2) is 0 Å². The second-order valence-electron chi connectivity index (χ2n) is 5.16. The van der Waals surface area contributed by atoms with Crippen LogP contribution in [0.15, 0.2) is 30.3 Å². The van der Waals surface area contributed by atoms with Crippen LogP contribution in [0.2, 0.25) is 0 Å². The van der Waals surface area contributed by atoms with Crippen molar-refractivity contribution in [3.8, 4) is 5.75 Å². The van der Waals surface area contributed by atoms with Crippen LogP contribution in [-0.4, -0.2) is 30.4 Å². The molecule has 0 saturated carbocycles. The molecule has 0 aromatic heterocycles. The smallest absolute Gasteiger partial charge is 0.309 e. The topological polar surface area (TPSA) is 55.8 Å². The van der Waals surface area contributed by atoms with Crippen molar-refractivity contribution in [1.82, 2.24) is 0 Å². The highest BCUT2D eigenvalue weighted by Crippen LogP contribution is 2.14. The molecular formula is C17H26O4. The van der Waals surface area contributed by atoms with E-state index in [0.29, 0.717) is 5.75 Å². The summed E-state index contributed by atoms with van der Waals surface area (Å²) in [7, 11) is 0. The van der Waals surface area contributed by atoms with E-state index in [4.69, 9.17) is 9.47 Å². The molecule has 4 nitrogen and oxygen atoms in total. The Morgan fingerprint density at radius 3 is 2.52 bits per heavy atom. The predicted octanol–water partition coefficient (Wildman–Crippen LogP) is 3.19. The van der Waals surface area contributed by atoms with Crippen molar-refractivity contribution in [1.29, 1.82) is 0 Å². The number of ether oxygens (including phenoxy) is 2. The fourth-order valence-electron chi connectivity index (χ4n) is 1.99. The number of unbranched alkanes of at least 4 members (excludes halogenated alkanes) is 1. The van der Waals surface area contributed by atoms with Crippen LogP contribution in [-0.2, 0) is 9.53 Å². The number of carbonyl (C=O) groups is 1. The largest absolute Gasteiger partial charge is 0.491 e. The average molecular weight is 294 g/mol. The Kier molecular flexibility index (Phi) is 8.51. The molecule has 0 bridgehead atoms. The minimum atomic E-state index is -0.808. The molecular weight excluding hydrogens is 268 g/mol. The van der Waals surface area contributed by atoms with Crippen LogP contribution in [0.5, 0.6) is 5.75 Å². The molecule has 0 heterocycles. The van der Waals surface area contributed by atoms with Gasteiger partial charge in [0.25, 0.3) is 0 Å². The average Bonchev–Trinajstić information content (AvgIpc) is 2.52. The lowest BCUT2D eigenvalue weighted by atomic mass is 10.00. The third kappa shape index (κ3) is 7.14. The van der Waals surface area contributed by atoms with Gasteiger partial charge in [-0.05, 0) is 25.0 Å². The molecule has 1 aromatic rings. The molecule has 0 aliphatic carbocycles. The quantitative estimate of drug-likeness (QED) is 0.673. The van der Waals surface area contributed by atoms with Gasteiger partial charge >= 0.3 is 5.97 Å². The molecule has 0 saturated heterocycles. The molecule has 4 heteroatoms. The van der Waals surface area contributed by atoms with Gasteiger partial charge in [-0.1, -0.05) is 44.9 Å². The van der Waals surface area contributed by atoms with Crippen molar-refractivity contribution in [2.24, 2.45) is 5.92 Å². The fraction of sp³-hybridized carbons (Fsp3) is 0.588. The zero-order valence-corrected chi connectivity index (χ0v) is 13.0. The van der Waals surface area contributed by atoms with Gasteiger partial charge in [-0.15, -0.1) is 0 Å². The number of aliphatic hydroxyl groups is 1. The van der Waals surface area contributed by atoms with E-state index in [1.54, 1.807) is 0 Å². The molecule has 0 radical (unpaired) electrons. The van der Waals surface area contributed by atoms with Crippen molar-refractivity contribution in [3.63, 3.8) is 0 Å². The molecule has 21 heavy (non-hydrogen) atoms. The highest BCUT2D eigenvalue weighted by molar-refractivity contribution is 5.72. The van der Waals surface area contributed by atoms with Gasteiger partial charge in [-0.25, -0.2) is 0 Å². The highest BCUT2D eigenvalue weighted by atomic mass is 16.5. The summed E-state index contributed by atoms with van der Waals surface area (Å²) in [6.07, 6.45) is 2.90. The van der Waals surface area contributed by atoms with Gasteiger partial charge in [0.1, 0.15) is 25.1 Å². The Hall–Kier alpha value is -1.55. The first kappa shape index (κ1) is 17.5. The zero-order chi connectivity index (χ0) is 15.5. The lowest BCUT2D eigenvalue weighted by molar-refractivity contribution is -0.152. The van der Waals surface area contributed by atoms with Crippen LogP contribution in [0.4, 0.5) is 0 Å². The number of para-hydroxylation sites is 1. The van der Waals surface area contributed by atoms with Crippen LogP contribution in [0, 0.1) is 5.92 Å². The molecule has 1 N–H and O–H groups in total. The number of esters is 1. The molecule has 0 spiro atoms. The lowest BCUT2D eigenvalue weighted by Gasteiger charge is -2.16. The van der Waals surface area contributed by atoms with Crippen molar-refractivity contribution < 1.29 is 19.4 Å². The van der Waals surface area contributed by atoms with Crippen molar-refractivity contribution in [2.45, 2.75) is 45.6 Å². The molecule has 1 aromatic carbocycles. The van der Waals surface area contributed by atoms with Crippen LogP contribution >= 0.6 is 0 Å². The first-order valence-corrected chi connectivity index (χ1v) is 7.69. The SMILES string of the molecule is CCCCC(CC)C(=O)OCC(O)COc1ccccc1. The molecule has 0 fully saturated rings. The normalized spacial score (nSPS) is 13.5. The monoisotopic (exact) mass is 294 g/mol. The van der Waals surface area contributed by atoms with Crippen LogP contribution in [0.3, 0.4) is 0 Å². The molecule has 1 rings (SSSR count). The Labute approximate surface area is 127 Å². The highest BCUT2D eigenvalue weighted by Gasteiger charge is 2.18. The van der Waals surface area contributed by atoms with Gasteiger partial charge in [0, 0.05) is 0 Å². The number of hydrogen-bond acceptors (Lipinski definition) is 4. The Bertz CT molecular complexity index is 391. The van der Waals surface area contributed by atoms with Crippen LogP contribution < -0.4 is 4.74 Å². The Morgan fingerprint density at radius 2 is 1.90 bits per heavy atom. The van der Waals surface area contributed by atoms with E-state index in [2.05, 4.69) is 6.92 Å². The molecule has 0 amide bonds. The van der Waals surface area contributed by atoms with Gasteiger partial charge < -0.3 is 14.6 Å². The number of carbonyl (C=O) groups excluding carboxylic acids is 1. The fourth-order valence-corrected chi connectivity index (χ4v) is 1.99. The number of hydrogen-bond donors (Lipinski definition) is 1. The van der Waals surface area contributed by atoms with E-state index in [1.165, 1.54) is 0 Å². The van der Waals surface area contributed by atoms with E-state index >= 15 is 0 Å². The summed E-state index contributed by atoms with van der Waals surface area (Å²) in [5.74, 6) is 0.411. The maximum Gasteiger partial charge on any atom is 0.309 e. The summed E-state index contributed by atoms with van der Waals surface area (Å²) in [4.78, 5) is 11.9. The number of rotatable bonds is 10. The van der Waals surface area contributed by atoms with E-state index in [1.807, 2.05) is 37.3 Å². The summed E-state index contributed by atoms with van der Waals surface area (Å²) in [6, 6.07) is 9.25. The zero-order valence-electron chi connectivity index (χ0n) is 13.0. The van der Waals surface area contributed by atoms with Gasteiger partial charge in [-0.2, -0.15) is 0 Å². The number of benzene rings is 1. The molecule has 2 atom stereocenters. The van der Waals surface area contributed by atoms with Crippen molar-refractivity contribution in [3.05, 3.63) is 30.3 Å². The molecule has 0 aliphatic heterocycles. The summed E-state index contributed by atoms with van der Waals surface area (Å²) in [6.45, 7) is 4.18. The Morgan fingerprint density at radius 1 is 1.19 bits per heavy atom. The summed E-state index contributed by atoms with van der Waals surface area (Å²) in [5, 5.41) is 9.79. The van der Waals surface area contributed by atoms with E-state index in [0.717, 1.165) is 25.7 Å². The van der Waals surface area contributed by atoms with Gasteiger partial charge in [0.2, 0.25) is 0 Å². The summed E-state index contributed by atoms with van der Waals surface area (Å²) < 4.78 is 10.6. The molecule has 2 unspecified atom stereocenters. The summed E-state index contributed by atoms with van der Waals surface area (Å²) >= 11 is 0. The lowest BCUT2D eigenvalue weighted by Crippen LogP contribution is -2.27. The molecule has 118 valence electrons. The van der Waals surface area contributed by atoms with Crippen molar-refractivity contribution in [2.75, 3.05) is 13.2 Å². The van der Waals surface area contributed by atoms with Crippen LogP contribution in [0.1, 0.15) is 39.5 Å². The maximum atomic E-state index is 11.9.